The first kappa shape index (κ1) is 24.7. The van der Waals surface area contributed by atoms with Crippen molar-refractivity contribution in [1.82, 2.24) is 9.80 Å². The molecule has 0 N–H and O–H groups in total. The van der Waals surface area contributed by atoms with E-state index in [1.54, 1.807) is 4.90 Å². The molecule has 172 valence electrons. The lowest BCUT2D eigenvalue weighted by molar-refractivity contribution is -0.384. The van der Waals surface area contributed by atoms with Crippen LogP contribution >= 0.6 is 11.6 Å². The van der Waals surface area contributed by atoms with Gasteiger partial charge in [0.05, 0.1) is 24.2 Å². The van der Waals surface area contributed by atoms with Crippen LogP contribution in [0.4, 0.5) is 10.5 Å². The molecule has 1 aliphatic heterocycles. The zero-order valence-electron chi connectivity index (χ0n) is 18.2. The van der Waals surface area contributed by atoms with Crippen LogP contribution in [0.25, 0.3) is 0 Å². The molecule has 31 heavy (non-hydrogen) atoms. The standard InChI is InChI=1S/C20H28ClN3O7/c1-20(2,3)31-19(26)23-9-7-22(8-10-23)6-5-11-30-16-13-14(18(25)29-4)12-15(17(16)21)24(27)28/h12-13H,5-11H2,1-4H3. The van der Waals surface area contributed by atoms with Crippen LogP contribution in [-0.4, -0.2) is 78.8 Å². The molecule has 1 aromatic carbocycles. The molecule has 11 heteroatoms. The Kier molecular flexibility index (Phi) is 8.46. The number of piperazine rings is 1. The van der Waals surface area contributed by atoms with Gasteiger partial charge < -0.3 is 19.1 Å². The highest BCUT2D eigenvalue weighted by Crippen LogP contribution is 2.35. The number of carbonyl (C=O) groups excluding carboxylic acids is 2. The summed E-state index contributed by atoms with van der Waals surface area (Å²) in [7, 11) is 1.19. The van der Waals surface area contributed by atoms with Crippen LogP contribution in [0, 0.1) is 10.1 Å². The van der Waals surface area contributed by atoms with Crippen molar-refractivity contribution in [3.8, 4) is 5.75 Å². The largest absolute Gasteiger partial charge is 0.492 e. The van der Waals surface area contributed by atoms with Gasteiger partial charge in [-0.05, 0) is 33.3 Å². The van der Waals surface area contributed by atoms with Gasteiger partial charge in [-0.2, -0.15) is 0 Å². The van der Waals surface area contributed by atoms with Gasteiger partial charge in [0, 0.05) is 38.8 Å². The number of ether oxygens (including phenoxy) is 3. The van der Waals surface area contributed by atoms with Gasteiger partial charge in [-0.3, -0.25) is 15.0 Å². The first-order valence-corrected chi connectivity index (χ1v) is 10.3. The molecule has 1 fully saturated rings. The molecule has 1 aliphatic rings. The Morgan fingerprint density at radius 1 is 1.19 bits per heavy atom. The predicted molar refractivity (Wildman–Crippen MR) is 114 cm³/mol. The van der Waals surface area contributed by atoms with E-state index in [-0.39, 0.29) is 29.0 Å². The van der Waals surface area contributed by atoms with Crippen molar-refractivity contribution in [3.63, 3.8) is 0 Å². The maximum absolute atomic E-state index is 12.1. The third-order valence-electron chi connectivity index (χ3n) is 4.54. The number of hydrogen-bond donors (Lipinski definition) is 0. The van der Waals surface area contributed by atoms with Crippen LogP contribution in [0.1, 0.15) is 37.6 Å². The minimum absolute atomic E-state index is 0.00753. The zero-order valence-corrected chi connectivity index (χ0v) is 18.9. The van der Waals surface area contributed by atoms with Gasteiger partial charge in [-0.15, -0.1) is 0 Å². The molecule has 0 saturated carbocycles. The lowest BCUT2D eigenvalue weighted by Crippen LogP contribution is -2.50. The van der Waals surface area contributed by atoms with E-state index < -0.39 is 22.2 Å². The number of amides is 1. The molecule has 10 nitrogen and oxygen atoms in total. The van der Waals surface area contributed by atoms with Gasteiger partial charge in [0.1, 0.15) is 11.4 Å². The second-order valence-corrected chi connectivity index (χ2v) is 8.45. The van der Waals surface area contributed by atoms with Crippen LogP contribution in [-0.2, 0) is 9.47 Å². The highest BCUT2D eigenvalue weighted by molar-refractivity contribution is 6.34. The minimum atomic E-state index is -0.715. The highest BCUT2D eigenvalue weighted by atomic mass is 35.5. The summed E-state index contributed by atoms with van der Waals surface area (Å²) in [6.07, 6.45) is 0.330. The monoisotopic (exact) mass is 457 g/mol. The Hall–Kier alpha value is -2.59. The van der Waals surface area contributed by atoms with Crippen molar-refractivity contribution in [1.29, 1.82) is 0 Å². The minimum Gasteiger partial charge on any atom is -0.492 e. The second-order valence-electron chi connectivity index (χ2n) is 8.07. The molecule has 0 spiro atoms. The summed E-state index contributed by atoms with van der Waals surface area (Å²) < 4.78 is 15.6. The zero-order chi connectivity index (χ0) is 23.2. The number of nitro groups is 1. The van der Waals surface area contributed by atoms with E-state index in [2.05, 4.69) is 9.64 Å². The Morgan fingerprint density at radius 2 is 1.84 bits per heavy atom. The molecule has 1 aromatic rings. The van der Waals surface area contributed by atoms with Crippen LogP contribution in [0.3, 0.4) is 0 Å². The second kappa shape index (κ2) is 10.6. The summed E-state index contributed by atoms with van der Waals surface area (Å²) in [5, 5.41) is 11.0. The van der Waals surface area contributed by atoms with Crippen LogP contribution in [0.5, 0.6) is 5.75 Å². The molecule has 1 heterocycles. The van der Waals surface area contributed by atoms with Gasteiger partial charge in [-0.1, -0.05) is 11.6 Å². The lowest BCUT2D eigenvalue weighted by Gasteiger charge is -2.35. The SMILES string of the molecule is COC(=O)c1cc(OCCCN2CCN(C(=O)OC(C)(C)C)CC2)c(Cl)c([N+](=O)[O-])c1. The molecule has 1 amide bonds. The Morgan fingerprint density at radius 3 is 2.39 bits per heavy atom. The summed E-state index contributed by atoms with van der Waals surface area (Å²) in [5.41, 5.74) is -0.947. The number of benzene rings is 1. The van der Waals surface area contributed by atoms with Crippen LogP contribution in [0.15, 0.2) is 12.1 Å². The number of rotatable bonds is 7. The van der Waals surface area contributed by atoms with Crippen molar-refractivity contribution in [2.45, 2.75) is 32.8 Å². The quantitative estimate of drug-likeness (QED) is 0.265. The molecular weight excluding hydrogens is 430 g/mol. The van der Waals surface area contributed by atoms with E-state index >= 15 is 0 Å². The fourth-order valence-electron chi connectivity index (χ4n) is 3.01. The summed E-state index contributed by atoms with van der Waals surface area (Å²) >= 11 is 6.06. The van der Waals surface area contributed by atoms with Crippen LogP contribution in [0.2, 0.25) is 5.02 Å². The number of carbonyl (C=O) groups is 2. The van der Waals surface area contributed by atoms with Crippen molar-refractivity contribution in [2.75, 3.05) is 46.4 Å². The Balaban J connectivity index is 1.84. The average Bonchev–Trinajstić information content (AvgIpc) is 2.70. The number of methoxy groups -OCH3 is 1. The molecule has 0 atom stereocenters. The molecular formula is C20H28ClN3O7. The fourth-order valence-corrected chi connectivity index (χ4v) is 3.24. The first-order chi connectivity index (χ1) is 14.5. The summed E-state index contributed by atoms with van der Waals surface area (Å²) in [4.78, 5) is 38.3. The smallest absolute Gasteiger partial charge is 0.410 e. The number of hydrogen-bond acceptors (Lipinski definition) is 8. The molecule has 0 bridgehead atoms. The molecule has 0 radical (unpaired) electrons. The molecule has 2 rings (SSSR count). The topological polar surface area (TPSA) is 111 Å². The van der Waals surface area contributed by atoms with Gasteiger partial charge in [0.2, 0.25) is 0 Å². The van der Waals surface area contributed by atoms with E-state index in [1.807, 2.05) is 20.8 Å². The van der Waals surface area contributed by atoms with Crippen molar-refractivity contribution < 1.29 is 28.7 Å². The Labute approximate surface area is 186 Å². The highest BCUT2D eigenvalue weighted by Gasteiger charge is 2.26. The van der Waals surface area contributed by atoms with Crippen LogP contribution < -0.4 is 4.74 Å². The molecule has 0 aromatic heterocycles. The Bertz CT molecular complexity index is 818. The van der Waals surface area contributed by atoms with Gasteiger partial charge in [0.25, 0.3) is 5.69 Å². The predicted octanol–water partition coefficient (Wildman–Crippen LogP) is 3.36. The molecule has 1 saturated heterocycles. The van der Waals surface area contributed by atoms with Crippen molar-refractivity contribution in [2.24, 2.45) is 0 Å². The van der Waals surface area contributed by atoms with E-state index in [9.17, 15) is 19.7 Å². The normalized spacial score (nSPS) is 14.8. The van der Waals surface area contributed by atoms with E-state index in [0.29, 0.717) is 32.6 Å². The lowest BCUT2D eigenvalue weighted by atomic mass is 10.2. The average molecular weight is 458 g/mol. The van der Waals surface area contributed by atoms with Crippen molar-refractivity contribution in [3.05, 3.63) is 32.8 Å². The van der Waals surface area contributed by atoms with E-state index in [4.69, 9.17) is 21.1 Å². The van der Waals surface area contributed by atoms with Crippen molar-refractivity contribution >= 4 is 29.4 Å². The number of nitrogens with zero attached hydrogens (tertiary/aromatic N) is 3. The first-order valence-electron chi connectivity index (χ1n) is 9.91. The van der Waals surface area contributed by atoms with Gasteiger partial charge in [-0.25, -0.2) is 9.59 Å². The third kappa shape index (κ3) is 7.25. The van der Waals surface area contributed by atoms with Gasteiger partial charge >= 0.3 is 12.1 Å². The number of esters is 1. The fraction of sp³-hybridized carbons (Fsp3) is 0.600. The number of nitro benzene ring substituents is 1. The van der Waals surface area contributed by atoms with Gasteiger partial charge in [0.15, 0.2) is 5.02 Å². The maximum atomic E-state index is 12.1. The van der Waals surface area contributed by atoms with E-state index in [1.165, 1.54) is 13.2 Å². The maximum Gasteiger partial charge on any atom is 0.410 e. The summed E-state index contributed by atoms with van der Waals surface area (Å²) in [6.45, 7) is 9.07. The summed E-state index contributed by atoms with van der Waals surface area (Å²) in [6, 6.07) is 2.39. The molecule has 0 unspecified atom stereocenters. The molecule has 0 aliphatic carbocycles. The third-order valence-corrected chi connectivity index (χ3v) is 4.92. The summed E-state index contributed by atoms with van der Waals surface area (Å²) in [5.74, 6) is -0.654. The van der Waals surface area contributed by atoms with E-state index in [0.717, 1.165) is 12.6 Å². The number of halogens is 1.